The van der Waals surface area contributed by atoms with E-state index in [0.717, 1.165) is 49.4 Å². The van der Waals surface area contributed by atoms with Gasteiger partial charge in [-0.15, -0.1) is 0 Å². The summed E-state index contributed by atoms with van der Waals surface area (Å²) in [7, 11) is 0. The number of hydrogen-bond acceptors (Lipinski definition) is 7. The van der Waals surface area contributed by atoms with Crippen molar-refractivity contribution in [2.45, 2.75) is 37.8 Å². The molecule has 0 spiro atoms. The number of ether oxygens (including phenoxy) is 1. The largest absolute Gasteiger partial charge is 0.484 e. The Morgan fingerprint density at radius 3 is 2.93 bits per heavy atom. The standard InChI is InChI=1S/C20H24FN5O2/c1-20(3-4-20)28-17-6-13-15(7-14(17)21)24-25-19(13)16-8-18(23-11-22-16)26-5-2-12(9-26)10-27/h6-8,11-12,19,24-25,27H,2-5,9-10H2,1H3/t12-,19+/m0/s1. The number of hydrogen-bond donors (Lipinski definition) is 3. The lowest BCUT2D eigenvalue weighted by atomic mass is 10.0. The Kier molecular flexibility index (Phi) is 4.13. The number of nitrogens with zero attached hydrogens (tertiary/aromatic N) is 3. The molecule has 0 unspecified atom stereocenters. The zero-order chi connectivity index (χ0) is 19.3. The summed E-state index contributed by atoms with van der Waals surface area (Å²) >= 11 is 0. The smallest absolute Gasteiger partial charge is 0.167 e. The minimum absolute atomic E-state index is 0.198. The molecule has 3 N–H and O–H groups in total. The highest BCUT2D eigenvalue weighted by molar-refractivity contribution is 5.61. The van der Waals surface area contributed by atoms with E-state index < -0.39 is 0 Å². The summed E-state index contributed by atoms with van der Waals surface area (Å²) in [5, 5.41) is 9.38. The molecular formula is C20H24FN5O2. The lowest BCUT2D eigenvalue weighted by Crippen LogP contribution is -2.24. The van der Waals surface area contributed by atoms with Crippen molar-refractivity contribution in [3.05, 3.63) is 41.6 Å². The predicted octanol–water partition coefficient (Wildman–Crippen LogP) is 2.39. The zero-order valence-corrected chi connectivity index (χ0v) is 15.8. The molecule has 1 saturated heterocycles. The Labute approximate surface area is 162 Å². The van der Waals surface area contributed by atoms with Gasteiger partial charge in [-0.25, -0.2) is 19.8 Å². The Morgan fingerprint density at radius 2 is 2.18 bits per heavy atom. The van der Waals surface area contributed by atoms with E-state index in [-0.39, 0.29) is 35.7 Å². The molecule has 1 aliphatic carbocycles. The molecule has 2 fully saturated rings. The molecule has 2 aromatic rings. The van der Waals surface area contributed by atoms with Gasteiger partial charge in [0.1, 0.15) is 17.7 Å². The van der Waals surface area contributed by atoms with Gasteiger partial charge in [-0.1, -0.05) is 0 Å². The normalized spacial score (nSPS) is 24.8. The molecule has 5 rings (SSSR count). The summed E-state index contributed by atoms with van der Waals surface area (Å²) in [5.41, 5.74) is 8.39. The molecule has 0 bridgehead atoms. The first-order chi connectivity index (χ1) is 13.5. The Morgan fingerprint density at radius 1 is 1.32 bits per heavy atom. The monoisotopic (exact) mass is 385 g/mol. The van der Waals surface area contributed by atoms with Crippen LogP contribution in [0.25, 0.3) is 0 Å². The van der Waals surface area contributed by atoms with Crippen LogP contribution in [0, 0.1) is 11.7 Å². The Bertz CT molecular complexity index is 904. The predicted molar refractivity (Wildman–Crippen MR) is 103 cm³/mol. The molecule has 1 aromatic heterocycles. The van der Waals surface area contributed by atoms with Gasteiger partial charge in [-0.2, -0.15) is 0 Å². The van der Waals surface area contributed by atoms with Crippen molar-refractivity contribution in [2.24, 2.45) is 5.92 Å². The van der Waals surface area contributed by atoms with Crippen LogP contribution in [0.2, 0.25) is 0 Å². The second kappa shape index (κ2) is 6.56. The number of nitrogens with one attached hydrogen (secondary N) is 2. The minimum Gasteiger partial charge on any atom is -0.484 e. The SMILES string of the molecule is CC1(Oc2cc3c(cc2F)NN[C@H]3c2cc(N3CC[C@H](CO)C3)ncn2)CC1. The number of aliphatic hydroxyl groups excluding tert-OH is 1. The van der Waals surface area contributed by atoms with Crippen LogP contribution in [-0.4, -0.2) is 40.4 Å². The third-order valence-electron chi connectivity index (χ3n) is 5.91. The van der Waals surface area contributed by atoms with Gasteiger partial charge >= 0.3 is 0 Å². The maximum absolute atomic E-state index is 14.4. The van der Waals surface area contributed by atoms with Gasteiger partial charge < -0.3 is 20.2 Å². The van der Waals surface area contributed by atoms with E-state index in [1.54, 1.807) is 12.4 Å². The lowest BCUT2D eigenvalue weighted by molar-refractivity contribution is 0.191. The minimum atomic E-state index is -0.364. The topological polar surface area (TPSA) is 82.5 Å². The molecule has 3 heterocycles. The second-order valence-corrected chi connectivity index (χ2v) is 8.21. The summed E-state index contributed by atoms with van der Waals surface area (Å²) in [5.74, 6) is 1.06. The van der Waals surface area contributed by atoms with Crippen LogP contribution in [0.15, 0.2) is 24.5 Å². The van der Waals surface area contributed by atoms with Gasteiger partial charge in [-0.05, 0) is 32.3 Å². The number of benzene rings is 1. The number of aliphatic hydroxyl groups is 1. The van der Waals surface area contributed by atoms with Crippen LogP contribution in [0.5, 0.6) is 5.75 Å². The van der Waals surface area contributed by atoms with Gasteiger partial charge in [0.2, 0.25) is 0 Å². The average Bonchev–Trinajstić information content (AvgIpc) is 3.10. The van der Waals surface area contributed by atoms with Gasteiger partial charge in [0, 0.05) is 43.3 Å². The molecule has 3 aliphatic rings. The number of fused-ring (bicyclic) bond motifs is 1. The van der Waals surface area contributed by atoms with Crippen LogP contribution in [0.1, 0.15) is 43.5 Å². The lowest BCUT2D eigenvalue weighted by Gasteiger charge is -2.19. The number of rotatable bonds is 5. The van der Waals surface area contributed by atoms with Crippen LogP contribution in [0.3, 0.4) is 0 Å². The van der Waals surface area contributed by atoms with Crippen molar-refractivity contribution in [3.63, 3.8) is 0 Å². The van der Waals surface area contributed by atoms with Crippen molar-refractivity contribution >= 4 is 11.5 Å². The molecule has 0 radical (unpaired) electrons. The third kappa shape index (κ3) is 3.16. The highest BCUT2D eigenvalue weighted by atomic mass is 19.1. The van der Waals surface area contributed by atoms with Crippen LogP contribution >= 0.6 is 0 Å². The van der Waals surface area contributed by atoms with E-state index in [2.05, 4.69) is 25.7 Å². The molecule has 1 aromatic carbocycles. The molecule has 2 aliphatic heterocycles. The first-order valence-corrected chi connectivity index (χ1v) is 9.76. The van der Waals surface area contributed by atoms with Crippen molar-refractivity contribution in [1.29, 1.82) is 0 Å². The molecule has 28 heavy (non-hydrogen) atoms. The summed E-state index contributed by atoms with van der Waals surface area (Å²) in [6, 6.07) is 4.98. The van der Waals surface area contributed by atoms with E-state index in [0.29, 0.717) is 5.69 Å². The van der Waals surface area contributed by atoms with Crippen LogP contribution in [0.4, 0.5) is 15.9 Å². The van der Waals surface area contributed by atoms with E-state index >= 15 is 0 Å². The number of hydrazine groups is 1. The molecular weight excluding hydrogens is 361 g/mol. The summed E-state index contributed by atoms with van der Waals surface area (Å²) in [6.07, 6.45) is 4.41. The van der Waals surface area contributed by atoms with Crippen molar-refractivity contribution < 1.29 is 14.2 Å². The van der Waals surface area contributed by atoms with E-state index in [1.807, 2.05) is 13.0 Å². The van der Waals surface area contributed by atoms with E-state index in [1.165, 1.54) is 6.07 Å². The van der Waals surface area contributed by atoms with Crippen molar-refractivity contribution in [2.75, 3.05) is 30.0 Å². The van der Waals surface area contributed by atoms with Gasteiger partial charge in [0.25, 0.3) is 0 Å². The fourth-order valence-electron chi connectivity index (χ4n) is 3.88. The molecule has 0 amide bonds. The molecule has 2 atom stereocenters. The Balaban J connectivity index is 1.43. The maximum Gasteiger partial charge on any atom is 0.167 e. The van der Waals surface area contributed by atoms with E-state index in [9.17, 15) is 9.50 Å². The maximum atomic E-state index is 14.4. The fraction of sp³-hybridized carbons (Fsp3) is 0.500. The number of aromatic nitrogens is 2. The fourth-order valence-corrected chi connectivity index (χ4v) is 3.88. The van der Waals surface area contributed by atoms with Gasteiger partial charge in [-0.3, -0.25) is 0 Å². The second-order valence-electron chi connectivity index (χ2n) is 8.21. The molecule has 8 heteroatoms. The Hall–Kier alpha value is -2.45. The number of anilines is 2. The van der Waals surface area contributed by atoms with Crippen molar-refractivity contribution in [3.8, 4) is 5.75 Å². The zero-order valence-electron chi connectivity index (χ0n) is 15.8. The number of halogens is 1. The van der Waals surface area contributed by atoms with Crippen LogP contribution in [-0.2, 0) is 0 Å². The molecule has 1 saturated carbocycles. The molecule has 7 nitrogen and oxygen atoms in total. The van der Waals surface area contributed by atoms with E-state index in [4.69, 9.17) is 4.74 Å². The highest BCUT2D eigenvalue weighted by Crippen LogP contribution is 2.43. The summed E-state index contributed by atoms with van der Waals surface area (Å²) < 4.78 is 20.3. The highest BCUT2D eigenvalue weighted by Gasteiger charge is 2.41. The molecule has 148 valence electrons. The van der Waals surface area contributed by atoms with Crippen LogP contribution < -0.4 is 20.5 Å². The van der Waals surface area contributed by atoms with Crippen molar-refractivity contribution in [1.82, 2.24) is 15.4 Å². The third-order valence-corrected chi connectivity index (χ3v) is 5.91. The summed E-state index contributed by atoms with van der Waals surface area (Å²) in [6.45, 7) is 3.86. The van der Waals surface area contributed by atoms with Gasteiger partial charge in [0.05, 0.1) is 17.4 Å². The van der Waals surface area contributed by atoms with Gasteiger partial charge in [0.15, 0.2) is 11.6 Å². The quantitative estimate of drug-likeness (QED) is 0.729. The summed E-state index contributed by atoms with van der Waals surface area (Å²) in [4.78, 5) is 11.0. The first kappa shape index (κ1) is 17.6. The first-order valence-electron chi connectivity index (χ1n) is 9.76. The average molecular weight is 385 g/mol.